The van der Waals surface area contributed by atoms with Gasteiger partial charge in [0.15, 0.2) is 6.33 Å². The van der Waals surface area contributed by atoms with Crippen LogP contribution in [-0.2, 0) is 17.7 Å². The first-order valence-electron chi connectivity index (χ1n) is 10.2. The predicted octanol–water partition coefficient (Wildman–Crippen LogP) is 1.86. The molecular weight excluding hydrogens is 470 g/mol. The van der Waals surface area contributed by atoms with Crippen molar-refractivity contribution in [1.29, 1.82) is 0 Å². The van der Waals surface area contributed by atoms with Gasteiger partial charge in [0.05, 0.1) is 22.7 Å². The van der Waals surface area contributed by atoms with Gasteiger partial charge in [0.2, 0.25) is 0 Å². The smallest absolute Gasteiger partial charge is 0.162 e. The van der Waals surface area contributed by atoms with Crippen LogP contribution >= 0.6 is 22.9 Å². The molecule has 1 fully saturated rings. The molecule has 4 heterocycles. The number of tetrazole rings is 1. The minimum absolute atomic E-state index is 0.0660. The number of rotatable bonds is 6. The van der Waals surface area contributed by atoms with Gasteiger partial charge in [-0.2, -0.15) is 4.80 Å². The molecule has 3 N–H and O–H groups in total. The quantitative estimate of drug-likeness (QED) is 0.370. The lowest BCUT2D eigenvalue weighted by Gasteiger charge is -2.40. The molecule has 33 heavy (non-hydrogen) atoms. The minimum atomic E-state index is -1.41. The number of furan rings is 1. The number of ether oxygens (including phenoxy) is 1. The molecule has 4 aromatic rings. The molecule has 0 aliphatic carbocycles. The van der Waals surface area contributed by atoms with Gasteiger partial charge in [0, 0.05) is 17.6 Å². The number of hydrogen-bond donors (Lipinski definition) is 3. The summed E-state index contributed by atoms with van der Waals surface area (Å²) in [5.41, 5.74) is 1.41. The van der Waals surface area contributed by atoms with E-state index in [1.54, 1.807) is 24.6 Å². The van der Waals surface area contributed by atoms with Crippen LogP contribution < -0.4 is 0 Å². The van der Waals surface area contributed by atoms with Gasteiger partial charge in [0.1, 0.15) is 36.3 Å². The Morgan fingerprint density at radius 3 is 2.76 bits per heavy atom. The fourth-order valence-corrected chi connectivity index (χ4v) is 4.90. The van der Waals surface area contributed by atoms with Crippen molar-refractivity contribution in [2.75, 3.05) is 0 Å². The second kappa shape index (κ2) is 9.29. The predicted molar refractivity (Wildman–Crippen MR) is 118 cm³/mol. The van der Waals surface area contributed by atoms with Gasteiger partial charge in [-0.15, -0.1) is 21.5 Å². The van der Waals surface area contributed by atoms with Crippen LogP contribution in [0.1, 0.15) is 22.2 Å². The van der Waals surface area contributed by atoms with Crippen molar-refractivity contribution >= 4 is 22.9 Å². The van der Waals surface area contributed by atoms with E-state index >= 15 is 0 Å². The first-order chi connectivity index (χ1) is 16.0. The molecule has 1 saturated heterocycles. The number of hydrogen-bond acceptors (Lipinski definition) is 10. The van der Waals surface area contributed by atoms with Gasteiger partial charge >= 0.3 is 0 Å². The molecule has 1 aliphatic heterocycles. The second-order valence-electron chi connectivity index (χ2n) is 7.68. The van der Waals surface area contributed by atoms with Crippen LogP contribution in [0.4, 0.5) is 0 Å². The Bertz CT molecular complexity index is 1200. The van der Waals surface area contributed by atoms with Crippen LogP contribution in [0.3, 0.4) is 0 Å². The Kier molecular flexibility index (Phi) is 6.23. The first-order valence-corrected chi connectivity index (χ1v) is 11.4. The maximum Gasteiger partial charge on any atom is 0.162 e. The third kappa shape index (κ3) is 4.56. The fourth-order valence-electron chi connectivity index (χ4n) is 3.80. The summed E-state index contributed by atoms with van der Waals surface area (Å²) >= 11 is 7.94. The summed E-state index contributed by atoms with van der Waals surface area (Å²) in [4.78, 5) is 6.63. The Hall–Kier alpha value is -2.67. The Balaban J connectivity index is 1.38. The van der Waals surface area contributed by atoms with Gasteiger partial charge in [0.25, 0.3) is 0 Å². The summed E-state index contributed by atoms with van der Waals surface area (Å²) in [6.07, 6.45) is -0.695. The number of benzene rings is 1. The molecule has 172 valence electrons. The topological polar surface area (TPSA) is 140 Å². The third-order valence-electron chi connectivity index (χ3n) is 5.50. The Morgan fingerprint density at radius 1 is 1.12 bits per heavy atom. The van der Waals surface area contributed by atoms with E-state index < -0.39 is 30.5 Å². The number of nitrogens with zero attached hydrogens (tertiary/aromatic N) is 5. The molecule has 3 aromatic heterocycles. The SMILES string of the molecule is OC1C(Cn2ncnn2)OC(c2ccc(Cl)c(Cc3ncc(-c4ccco4)s3)c2)C(O)C1O. The normalized spacial score (nSPS) is 25.4. The maximum absolute atomic E-state index is 10.6. The molecule has 1 aliphatic rings. The fraction of sp³-hybridized carbons (Fsp3) is 0.333. The van der Waals surface area contributed by atoms with Crippen molar-refractivity contribution in [3.63, 3.8) is 0 Å². The van der Waals surface area contributed by atoms with E-state index in [-0.39, 0.29) is 6.54 Å². The van der Waals surface area contributed by atoms with Gasteiger partial charge in [-0.3, -0.25) is 0 Å². The maximum atomic E-state index is 10.6. The van der Waals surface area contributed by atoms with E-state index in [4.69, 9.17) is 20.8 Å². The van der Waals surface area contributed by atoms with Crippen molar-refractivity contribution in [3.05, 3.63) is 70.3 Å². The average molecular weight is 490 g/mol. The highest BCUT2D eigenvalue weighted by Gasteiger charge is 2.44. The number of halogens is 1. The lowest BCUT2D eigenvalue weighted by atomic mass is 9.90. The van der Waals surface area contributed by atoms with E-state index in [0.717, 1.165) is 21.2 Å². The zero-order valence-electron chi connectivity index (χ0n) is 17.1. The van der Waals surface area contributed by atoms with Crippen LogP contribution in [0.2, 0.25) is 5.02 Å². The first kappa shape index (κ1) is 22.1. The molecule has 0 spiro atoms. The summed E-state index contributed by atoms with van der Waals surface area (Å²) in [5, 5.41) is 44.1. The van der Waals surface area contributed by atoms with E-state index in [2.05, 4.69) is 20.4 Å². The standard InChI is InChI=1S/C21H20ClN5O5S/c22-13-4-3-11(6-12(13)7-17-23-8-16(33-17)14-2-1-5-31-14)21-20(30)19(29)18(28)15(32-21)9-27-25-10-24-26-27/h1-6,8,10,15,18-21,28-30H,7,9H2. The van der Waals surface area contributed by atoms with Crippen molar-refractivity contribution in [2.24, 2.45) is 0 Å². The van der Waals surface area contributed by atoms with E-state index in [0.29, 0.717) is 17.0 Å². The van der Waals surface area contributed by atoms with Crippen LogP contribution in [0.15, 0.2) is 53.5 Å². The molecule has 1 aromatic carbocycles. The molecular formula is C21H20ClN5O5S. The van der Waals surface area contributed by atoms with Gasteiger partial charge in [-0.1, -0.05) is 23.7 Å². The van der Waals surface area contributed by atoms with Crippen molar-refractivity contribution in [1.82, 2.24) is 25.2 Å². The zero-order valence-corrected chi connectivity index (χ0v) is 18.7. The third-order valence-corrected chi connectivity index (χ3v) is 6.89. The van der Waals surface area contributed by atoms with E-state index in [9.17, 15) is 15.3 Å². The molecule has 0 bridgehead atoms. The molecule has 10 nitrogen and oxygen atoms in total. The van der Waals surface area contributed by atoms with Gasteiger partial charge < -0.3 is 24.5 Å². The van der Waals surface area contributed by atoms with Gasteiger partial charge in [-0.05, 0) is 34.5 Å². The lowest BCUT2D eigenvalue weighted by Crippen LogP contribution is -2.55. The summed E-state index contributed by atoms with van der Waals surface area (Å²) < 4.78 is 11.4. The molecule has 0 saturated carbocycles. The molecule has 5 unspecified atom stereocenters. The highest BCUT2D eigenvalue weighted by atomic mass is 35.5. The highest BCUT2D eigenvalue weighted by molar-refractivity contribution is 7.15. The molecule has 5 atom stereocenters. The zero-order chi connectivity index (χ0) is 22.9. The van der Waals surface area contributed by atoms with Crippen LogP contribution in [0, 0.1) is 0 Å². The largest absolute Gasteiger partial charge is 0.463 e. The number of aliphatic hydroxyl groups is 3. The van der Waals surface area contributed by atoms with Gasteiger partial charge in [-0.25, -0.2) is 4.98 Å². The van der Waals surface area contributed by atoms with Crippen LogP contribution in [0.25, 0.3) is 10.6 Å². The van der Waals surface area contributed by atoms with E-state index in [1.165, 1.54) is 22.5 Å². The van der Waals surface area contributed by atoms with Crippen molar-refractivity contribution in [3.8, 4) is 10.6 Å². The second-order valence-corrected chi connectivity index (χ2v) is 9.20. The molecule has 12 heteroatoms. The summed E-state index contributed by atoms with van der Waals surface area (Å²) in [6.45, 7) is 0.0660. The molecule has 0 amide bonds. The Labute approximate surface area is 197 Å². The molecule has 0 radical (unpaired) electrons. The minimum Gasteiger partial charge on any atom is -0.463 e. The molecule has 5 rings (SSSR count). The number of aromatic nitrogens is 5. The lowest BCUT2D eigenvalue weighted by molar-refractivity contribution is -0.228. The summed E-state index contributed by atoms with van der Waals surface area (Å²) in [6, 6.07) is 8.96. The van der Waals surface area contributed by atoms with Crippen LogP contribution in [-0.4, -0.2) is 64.9 Å². The monoisotopic (exact) mass is 489 g/mol. The van der Waals surface area contributed by atoms with Crippen LogP contribution in [0.5, 0.6) is 0 Å². The summed E-state index contributed by atoms with van der Waals surface area (Å²) in [5.74, 6) is 0.748. The number of thiazole rings is 1. The number of aliphatic hydroxyl groups excluding tert-OH is 3. The Morgan fingerprint density at radius 2 is 2.00 bits per heavy atom. The van der Waals surface area contributed by atoms with E-state index in [1.807, 2.05) is 18.2 Å². The average Bonchev–Trinajstić information content (AvgIpc) is 3.58. The van der Waals surface area contributed by atoms with Crippen molar-refractivity contribution < 1.29 is 24.5 Å². The summed E-state index contributed by atoms with van der Waals surface area (Å²) in [7, 11) is 0. The highest BCUT2D eigenvalue weighted by Crippen LogP contribution is 2.35. The van der Waals surface area contributed by atoms with Crippen molar-refractivity contribution in [2.45, 2.75) is 43.5 Å².